The van der Waals surface area contributed by atoms with Crippen molar-refractivity contribution >= 4 is 11.8 Å². The number of nitrogens with zero attached hydrogens (tertiary/aromatic N) is 2. The number of rotatable bonds is 5. The summed E-state index contributed by atoms with van der Waals surface area (Å²) in [5, 5.41) is 3.86. The van der Waals surface area contributed by atoms with Crippen LogP contribution in [0.4, 0.5) is 4.39 Å². The highest BCUT2D eigenvalue weighted by Gasteiger charge is 2.15. The molecule has 6 heteroatoms. The fourth-order valence-corrected chi connectivity index (χ4v) is 2.23. The highest BCUT2D eigenvalue weighted by Crippen LogP contribution is 2.21. The molecule has 0 saturated carbocycles. The first-order valence-corrected chi connectivity index (χ1v) is 7.35. The number of halogens is 1. The standard InChI is InChI=1S/C13H16FN3OS/c1-8-5-9(7-10(14)6-8)12-16-13(18-17-12)11(15)3-4-19-2/h5-7,11H,3-4,15H2,1-2H3/t11-/m1/s1. The van der Waals surface area contributed by atoms with Gasteiger partial charge in [-0.3, -0.25) is 0 Å². The molecular formula is C13H16FN3OS. The van der Waals surface area contributed by atoms with Crippen molar-refractivity contribution in [1.82, 2.24) is 10.1 Å². The van der Waals surface area contributed by atoms with Crippen LogP contribution in [0.5, 0.6) is 0 Å². The monoisotopic (exact) mass is 281 g/mol. The van der Waals surface area contributed by atoms with Crippen LogP contribution in [0.3, 0.4) is 0 Å². The zero-order chi connectivity index (χ0) is 13.8. The predicted molar refractivity (Wildman–Crippen MR) is 74.4 cm³/mol. The number of hydrogen-bond acceptors (Lipinski definition) is 5. The van der Waals surface area contributed by atoms with Gasteiger partial charge in [-0.05, 0) is 49.1 Å². The molecule has 1 atom stereocenters. The molecule has 1 aromatic heterocycles. The molecule has 0 aliphatic rings. The van der Waals surface area contributed by atoms with Gasteiger partial charge in [-0.15, -0.1) is 0 Å². The Morgan fingerprint density at radius 1 is 1.42 bits per heavy atom. The van der Waals surface area contributed by atoms with Crippen molar-refractivity contribution in [2.75, 3.05) is 12.0 Å². The van der Waals surface area contributed by atoms with E-state index in [0.29, 0.717) is 17.3 Å². The lowest BCUT2D eigenvalue weighted by atomic mass is 10.1. The van der Waals surface area contributed by atoms with Gasteiger partial charge >= 0.3 is 0 Å². The maximum atomic E-state index is 13.3. The molecule has 4 nitrogen and oxygen atoms in total. The Balaban J connectivity index is 2.20. The van der Waals surface area contributed by atoms with Crippen molar-refractivity contribution in [1.29, 1.82) is 0 Å². The van der Waals surface area contributed by atoms with Crippen molar-refractivity contribution in [3.05, 3.63) is 35.5 Å². The topological polar surface area (TPSA) is 64.9 Å². The average molecular weight is 281 g/mol. The Morgan fingerprint density at radius 2 is 2.21 bits per heavy atom. The molecule has 0 aliphatic heterocycles. The second kappa shape index (κ2) is 6.16. The largest absolute Gasteiger partial charge is 0.337 e. The van der Waals surface area contributed by atoms with Crippen LogP contribution >= 0.6 is 11.8 Å². The minimum absolute atomic E-state index is 0.275. The van der Waals surface area contributed by atoms with E-state index >= 15 is 0 Å². The third-order valence-electron chi connectivity index (χ3n) is 2.69. The van der Waals surface area contributed by atoms with E-state index in [4.69, 9.17) is 10.3 Å². The molecule has 0 amide bonds. The van der Waals surface area contributed by atoms with Crippen molar-refractivity contribution in [2.45, 2.75) is 19.4 Å². The van der Waals surface area contributed by atoms with Crippen molar-refractivity contribution in [3.8, 4) is 11.4 Å². The highest BCUT2D eigenvalue weighted by molar-refractivity contribution is 7.98. The summed E-state index contributed by atoms with van der Waals surface area (Å²) in [5.41, 5.74) is 7.36. The van der Waals surface area contributed by atoms with E-state index in [0.717, 1.165) is 17.7 Å². The van der Waals surface area contributed by atoms with Gasteiger partial charge in [0.15, 0.2) is 0 Å². The number of thioether (sulfide) groups is 1. The fraction of sp³-hybridized carbons (Fsp3) is 0.385. The summed E-state index contributed by atoms with van der Waals surface area (Å²) in [4.78, 5) is 4.24. The molecule has 0 bridgehead atoms. The fourth-order valence-electron chi connectivity index (χ4n) is 1.74. The van der Waals surface area contributed by atoms with Crippen molar-refractivity contribution in [3.63, 3.8) is 0 Å². The number of benzene rings is 1. The predicted octanol–water partition coefficient (Wildman–Crippen LogP) is 2.94. The SMILES string of the molecule is CSCC[C@@H](N)c1nc(-c2cc(C)cc(F)c2)no1. The van der Waals surface area contributed by atoms with Crippen molar-refractivity contribution in [2.24, 2.45) is 5.73 Å². The Hall–Kier alpha value is -1.40. The van der Waals surface area contributed by atoms with E-state index in [1.165, 1.54) is 12.1 Å². The summed E-state index contributed by atoms with van der Waals surface area (Å²) in [5.74, 6) is 1.38. The molecule has 102 valence electrons. The minimum Gasteiger partial charge on any atom is -0.337 e. The molecule has 1 aromatic carbocycles. The van der Waals surface area contributed by atoms with Gasteiger partial charge in [0.2, 0.25) is 11.7 Å². The molecular weight excluding hydrogens is 265 g/mol. The van der Waals surface area contributed by atoms with E-state index in [-0.39, 0.29) is 11.9 Å². The molecule has 2 rings (SSSR count). The van der Waals surface area contributed by atoms with E-state index < -0.39 is 0 Å². The first kappa shape index (κ1) is 14.0. The molecule has 0 saturated heterocycles. The lowest BCUT2D eigenvalue weighted by molar-refractivity contribution is 0.353. The number of aromatic nitrogens is 2. The van der Waals surface area contributed by atoms with Gasteiger partial charge in [0.1, 0.15) is 5.82 Å². The summed E-state index contributed by atoms with van der Waals surface area (Å²) in [6.07, 6.45) is 2.78. The molecule has 0 radical (unpaired) electrons. The molecule has 0 spiro atoms. The van der Waals surface area contributed by atoms with Crippen LogP contribution in [0.25, 0.3) is 11.4 Å². The van der Waals surface area contributed by atoms with E-state index in [1.54, 1.807) is 11.8 Å². The van der Waals surface area contributed by atoms with Crippen LogP contribution in [0.1, 0.15) is 23.9 Å². The van der Waals surface area contributed by atoms with Crippen LogP contribution in [0.2, 0.25) is 0 Å². The summed E-state index contributed by atoms with van der Waals surface area (Å²) >= 11 is 1.71. The highest BCUT2D eigenvalue weighted by atomic mass is 32.2. The second-order valence-corrected chi connectivity index (χ2v) is 5.35. The van der Waals surface area contributed by atoms with Gasteiger partial charge in [0.25, 0.3) is 0 Å². The number of hydrogen-bond donors (Lipinski definition) is 1. The second-order valence-electron chi connectivity index (χ2n) is 4.36. The van der Waals surface area contributed by atoms with Gasteiger partial charge in [-0.1, -0.05) is 5.16 Å². The molecule has 0 fully saturated rings. The minimum atomic E-state index is -0.312. The van der Waals surface area contributed by atoms with Crippen LogP contribution in [0, 0.1) is 12.7 Å². The van der Waals surface area contributed by atoms with E-state index in [9.17, 15) is 4.39 Å². The normalized spacial score (nSPS) is 12.6. The van der Waals surface area contributed by atoms with Crippen LogP contribution in [0.15, 0.2) is 22.7 Å². The maximum Gasteiger partial charge on any atom is 0.243 e. The first-order chi connectivity index (χ1) is 9.10. The molecule has 19 heavy (non-hydrogen) atoms. The molecule has 2 N–H and O–H groups in total. The van der Waals surface area contributed by atoms with E-state index in [1.807, 2.05) is 19.2 Å². The zero-order valence-electron chi connectivity index (χ0n) is 10.9. The lowest BCUT2D eigenvalue weighted by Gasteiger charge is -2.03. The average Bonchev–Trinajstić information content (AvgIpc) is 2.84. The summed E-state index contributed by atoms with van der Waals surface area (Å²) in [6, 6.07) is 4.37. The molecule has 2 aromatic rings. The van der Waals surface area contributed by atoms with Crippen LogP contribution in [-0.2, 0) is 0 Å². The van der Waals surface area contributed by atoms with Gasteiger partial charge in [0, 0.05) is 5.56 Å². The molecule has 0 unspecified atom stereocenters. The molecule has 1 heterocycles. The zero-order valence-corrected chi connectivity index (χ0v) is 11.7. The van der Waals surface area contributed by atoms with Crippen molar-refractivity contribution < 1.29 is 8.91 Å². The lowest BCUT2D eigenvalue weighted by Crippen LogP contribution is -2.11. The summed E-state index contributed by atoms with van der Waals surface area (Å²) in [7, 11) is 0. The van der Waals surface area contributed by atoms with Gasteiger partial charge in [-0.2, -0.15) is 16.7 Å². The Bertz CT molecular complexity index is 538. The molecule has 0 aliphatic carbocycles. The number of nitrogens with two attached hydrogens (primary N) is 1. The Kier molecular flexibility index (Phi) is 4.55. The third kappa shape index (κ3) is 3.54. The summed E-state index contributed by atoms with van der Waals surface area (Å²) < 4.78 is 18.5. The van der Waals surface area contributed by atoms with Gasteiger partial charge in [-0.25, -0.2) is 4.39 Å². The smallest absolute Gasteiger partial charge is 0.243 e. The number of aryl methyl sites for hydroxylation is 1. The van der Waals surface area contributed by atoms with Gasteiger partial charge < -0.3 is 10.3 Å². The quantitative estimate of drug-likeness (QED) is 0.912. The first-order valence-electron chi connectivity index (χ1n) is 5.96. The van der Waals surface area contributed by atoms with Gasteiger partial charge in [0.05, 0.1) is 6.04 Å². The Labute approximate surface area is 115 Å². The summed E-state index contributed by atoms with van der Waals surface area (Å²) in [6.45, 7) is 1.82. The van der Waals surface area contributed by atoms with E-state index in [2.05, 4.69) is 10.1 Å². The Morgan fingerprint density at radius 3 is 2.89 bits per heavy atom. The maximum absolute atomic E-state index is 13.3. The van der Waals surface area contributed by atoms with Crippen LogP contribution < -0.4 is 5.73 Å². The third-order valence-corrected chi connectivity index (χ3v) is 3.34. The van der Waals surface area contributed by atoms with Crippen LogP contribution in [-0.4, -0.2) is 22.1 Å².